The van der Waals surface area contributed by atoms with Crippen molar-refractivity contribution in [2.24, 2.45) is 5.92 Å². The summed E-state index contributed by atoms with van der Waals surface area (Å²) in [5.74, 6) is 0.423. The number of hydrogen-bond donors (Lipinski definition) is 1. The number of carbonyl (C=O) groups excluding carboxylic acids is 1. The summed E-state index contributed by atoms with van der Waals surface area (Å²) in [7, 11) is 0. The molecule has 1 aromatic rings. The molecule has 0 radical (unpaired) electrons. The van der Waals surface area contributed by atoms with Gasteiger partial charge < -0.3 is 10.1 Å². The van der Waals surface area contributed by atoms with E-state index in [-0.39, 0.29) is 17.0 Å². The number of hydrogen-bond acceptors (Lipinski definition) is 3. The third-order valence-corrected chi connectivity index (χ3v) is 5.15. The maximum absolute atomic E-state index is 12.7. The van der Waals surface area contributed by atoms with Crippen LogP contribution in [0.15, 0.2) is 30.3 Å². The molecule has 0 spiro atoms. The molecule has 1 saturated carbocycles. The molecule has 21 heavy (non-hydrogen) atoms. The fraction of sp³-hybridized carbons (Fsp3) is 0.611. The first-order valence-electron chi connectivity index (χ1n) is 8.04. The summed E-state index contributed by atoms with van der Waals surface area (Å²) in [5, 5.41) is 3.37. The lowest BCUT2D eigenvalue weighted by molar-refractivity contribution is -0.166. The van der Waals surface area contributed by atoms with Crippen LogP contribution in [0.5, 0.6) is 0 Å². The van der Waals surface area contributed by atoms with Crippen molar-refractivity contribution in [2.75, 3.05) is 13.1 Å². The Balaban J connectivity index is 1.71. The summed E-state index contributed by atoms with van der Waals surface area (Å²) in [6, 6.07) is 10.1. The second-order valence-electron chi connectivity index (χ2n) is 6.97. The van der Waals surface area contributed by atoms with Crippen LogP contribution in [-0.4, -0.2) is 24.7 Å². The Morgan fingerprint density at radius 1 is 1.19 bits per heavy atom. The Kier molecular flexibility index (Phi) is 3.78. The van der Waals surface area contributed by atoms with Gasteiger partial charge in [0.05, 0.1) is 5.41 Å². The monoisotopic (exact) mass is 287 g/mol. The molecule has 0 aromatic heterocycles. The van der Waals surface area contributed by atoms with E-state index in [9.17, 15) is 4.79 Å². The molecule has 0 atom stereocenters. The van der Waals surface area contributed by atoms with Crippen LogP contribution >= 0.6 is 0 Å². The van der Waals surface area contributed by atoms with Crippen LogP contribution in [0.25, 0.3) is 0 Å². The molecule has 0 unspecified atom stereocenters. The fourth-order valence-electron chi connectivity index (χ4n) is 3.43. The van der Waals surface area contributed by atoms with Gasteiger partial charge in [-0.2, -0.15) is 0 Å². The highest BCUT2D eigenvalue weighted by atomic mass is 16.6. The standard InChI is InChI=1S/C18H25NO2/c1-17(2,14-8-12-19-13-9-14)21-16(20)18(10-11-18)15-6-4-3-5-7-15/h3-7,14,19H,8-13H2,1-2H3. The molecule has 1 saturated heterocycles. The van der Waals surface area contributed by atoms with Crippen LogP contribution in [0, 0.1) is 5.92 Å². The molecule has 3 heteroatoms. The van der Waals surface area contributed by atoms with E-state index >= 15 is 0 Å². The lowest BCUT2D eigenvalue weighted by Gasteiger charge is -2.37. The summed E-state index contributed by atoms with van der Waals surface area (Å²) >= 11 is 0. The molecule has 1 N–H and O–H groups in total. The molecule has 3 nitrogen and oxygen atoms in total. The fourth-order valence-corrected chi connectivity index (χ4v) is 3.43. The summed E-state index contributed by atoms with van der Waals surface area (Å²) < 4.78 is 5.99. The molecule has 114 valence electrons. The van der Waals surface area contributed by atoms with E-state index in [2.05, 4.69) is 19.2 Å². The summed E-state index contributed by atoms with van der Waals surface area (Å²) in [5.41, 5.74) is 0.366. The Labute approximate surface area is 127 Å². The van der Waals surface area contributed by atoms with Gasteiger partial charge in [0.15, 0.2) is 0 Å². The molecule has 1 heterocycles. The first kappa shape index (κ1) is 14.6. The van der Waals surface area contributed by atoms with Crippen molar-refractivity contribution in [3.05, 3.63) is 35.9 Å². The zero-order valence-electron chi connectivity index (χ0n) is 13.0. The topological polar surface area (TPSA) is 38.3 Å². The predicted molar refractivity (Wildman–Crippen MR) is 83.1 cm³/mol. The van der Waals surface area contributed by atoms with E-state index in [1.54, 1.807) is 0 Å². The van der Waals surface area contributed by atoms with Crippen LogP contribution in [0.1, 0.15) is 45.1 Å². The number of rotatable bonds is 4. The van der Waals surface area contributed by atoms with E-state index in [1.807, 2.05) is 30.3 Å². The maximum atomic E-state index is 12.7. The van der Waals surface area contributed by atoms with Crippen LogP contribution in [0.3, 0.4) is 0 Å². The number of ether oxygens (including phenoxy) is 1. The van der Waals surface area contributed by atoms with Crippen molar-refractivity contribution in [2.45, 2.75) is 50.5 Å². The van der Waals surface area contributed by atoms with Crippen molar-refractivity contribution in [1.82, 2.24) is 5.32 Å². The van der Waals surface area contributed by atoms with Gasteiger partial charge in [0.25, 0.3) is 0 Å². The first-order valence-corrected chi connectivity index (χ1v) is 8.04. The van der Waals surface area contributed by atoms with Gasteiger partial charge in [0.2, 0.25) is 0 Å². The van der Waals surface area contributed by atoms with Gasteiger partial charge in [-0.1, -0.05) is 30.3 Å². The quantitative estimate of drug-likeness (QED) is 0.865. The average Bonchev–Trinajstić information content (AvgIpc) is 3.30. The first-order chi connectivity index (χ1) is 10.0. The molecule has 1 aromatic carbocycles. The smallest absolute Gasteiger partial charge is 0.317 e. The largest absolute Gasteiger partial charge is 0.459 e. The number of nitrogens with one attached hydrogen (secondary N) is 1. The van der Waals surface area contributed by atoms with Gasteiger partial charge in [-0.25, -0.2) is 0 Å². The number of piperidine rings is 1. The highest BCUT2D eigenvalue weighted by Gasteiger charge is 2.54. The minimum absolute atomic E-state index is 0.0303. The van der Waals surface area contributed by atoms with Crippen molar-refractivity contribution in [3.63, 3.8) is 0 Å². The second kappa shape index (κ2) is 5.45. The molecular formula is C18H25NO2. The molecular weight excluding hydrogens is 262 g/mol. The lowest BCUT2D eigenvalue weighted by Crippen LogP contribution is -2.44. The van der Waals surface area contributed by atoms with E-state index in [0.717, 1.165) is 44.3 Å². The molecule has 0 bridgehead atoms. The number of benzene rings is 1. The van der Waals surface area contributed by atoms with Crippen LogP contribution in [0.2, 0.25) is 0 Å². The normalized spacial score (nSPS) is 21.8. The maximum Gasteiger partial charge on any atom is 0.317 e. The van der Waals surface area contributed by atoms with E-state index in [1.165, 1.54) is 0 Å². The molecule has 2 fully saturated rings. The Bertz CT molecular complexity index is 499. The Morgan fingerprint density at radius 2 is 1.81 bits per heavy atom. The van der Waals surface area contributed by atoms with Crippen molar-refractivity contribution in [3.8, 4) is 0 Å². The van der Waals surface area contributed by atoms with Gasteiger partial charge in [-0.15, -0.1) is 0 Å². The van der Waals surface area contributed by atoms with Gasteiger partial charge in [-0.3, -0.25) is 4.79 Å². The van der Waals surface area contributed by atoms with Gasteiger partial charge >= 0.3 is 5.97 Å². The van der Waals surface area contributed by atoms with Crippen molar-refractivity contribution < 1.29 is 9.53 Å². The lowest BCUT2D eigenvalue weighted by atomic mass is 9.83. The van der Waals surface area contributed by atoms with E-state index in [0.29, 0.717) is 5.92 Å². The van der Waals surface area contributed by atoms with Gasteiger partial charge in [0.1, 0.15) is 5.60 Å². The van der Waals surface area contributed by atoms with Crippen LogP contribution in [0.4, 0.5) is 0 Å². The summed E-state index contributed by atoms with van der Waals surface area (Å²) in [4.78, 5) is 12.7. The van der Waals surface area contributed by atoms with Gasteiger partial charge in [0, 0.05) is 5.92 Å². The molecule has 3 rings (SSSR count). The molecule has 1 aliphatic heterocycles. The van der Waals surface area contributed by atoms with Crippen LogP contribution < -0.4 is 5.32 Å². The number of carbonyl (C=O) groups is 1. The number of esters is 1. The van der Waals surface area contributed by atoms with E-state index < -0.39 is 0 Å². The second-order valence-corrected chi connectivity index (χ2v) is 6.97. The zero-order valence-corrected chi connectivity index (χ0v) is 13.0. The summed E-state index contributed by atoms with van der Waals surface area (Å²) in [6.07, 6.45) is 3.99. The van der Waals surface area contributed by atoms with Crippen molar-refractivity contribution in [1.29, 1.82) is 0 Å². The third-order valence-electron chi connectivity index (χ3n) is 5.15. The Morgan fingerprint density at radius 3 is 2.38 bits per heavy atom. The Hall–Kier alpha value is -1.35. The van der Waals surface area contributed by atoms with Crippen LogP contribution in [-0.2, 0) is 14.9 Å². The van der Waals surface area contributed by atoms with Crippen molar-refractivity contribution >= 4 is 5.97 Å². The third kappa shape index (κ3) is 2.84. The molecule has 0 amide bonds. The molecule has 2 aliphatic rings. The predicted octanol–water partition coefficient (Wildman–Crippen LogP) is 3.04. The minimum Gasteiger partial charge on any atom is -0.459 e. The highest BCUT2D eigenvalue weighted by molar-refractivity contribution is 5.86. The van der Waals surface area contributed by atoms with E-state index in [4.69, 9.17) is 4.74 Å². The van der Waals surface area contributed by atoms with Gasteiger partial charge in [-0.05, 0) is 58.2 Å². The zero-order chi connectivity index (χ0) is 14.9. The minimum atomic E-state index is -0.371. The SMILES string of the molecule is CC(C)(OC(=O)C1(c2ccccc2)CC1)C1CCNCC1. The summed E-state index contributed by atoms with van der Waals surface area (Å²) in [6.45, 7) is 6.19. The highest BCUT2D eigenvalue weighted by Crippen LogP contribution is 2.50. The average molecular weight is 287 g/mol. The molecule has 1 aliphatic carbocycles.